The molecule has 0 aliphatic carbocycles. The Morgan fingerprint density at radius 1 is 1.28 bits per heavy atom. The SMILES string of the molecule is Cc1c(Cl)cccc1NC(=S)N/N=C\C=C\c1ccccc1[N+](=O)[O-]. The molecule has 0 aliphatic rings. The molecule has 0 saturated carbocycles. The molecule has 2 N–H and O–H groups in total. The standard InChI is InChI=1S/C17H15ClN4O2S/c1-12-14(18)8-4-9-15(12)20-17(25)21-19-11-5-7-13-6-2-3-10-16(13)22(23)24/h2-11H,1H3,(H2,20,21,25)/b7-5+,19-11-. The number of nitrogens with zero attached hydrogens (tertiary/aromatic N) is 2. The second-order valence-electron chi connectivity index (χ2n) is 4.93. The third-order valence-corrected chi connectivity index (χ3v) is 3.85. The molecule has 0 radical (unpaired) electrons. The van der Waals surface area contributed by atoms with Crippen molar-refractivity contribution in [3.63, 3.8) is 0 Å². The number of anilines is 1. The fourth-order valence-electron chi connectivity index (χ4n) is 1.97. The Hall–Kier alpha value is -2.77. The van der Waals surface area contributed by atoms with Gasteiger partial charge in [-0.25, -0.2) is 0 Å². The van der Waals surface area contributed by atoms with Crippen molar-refractivity contribution in [2.24, 2.45) is 5.10 Å². The van der Waals surface area contributed by atoms with Gasteiger partial charge < -0.3 is 5.32 Å². The van der Waals surface area contributed by atoms with Crippen molar-refractivity contribution < 1.29 is 4.92 Å². The zero-order chi connectivity index (χ0) is 18.2. The van der Waals surface area contributed by atoms with Crippen LogP contribution in [-0.2, 0) is 0 Å². The fourth-order valence-corrected chi connectivity index (χ4v) is 2.31. The number of hydrogen-bond donors (Lipinski definition) is 2. The smallest absolute Gasteiger partial charge is 0.276 e. The lowest BCUT2D eigenvalue weighted by molar-refractivity contribution is -0.385. The zero-order valence-electron chi connectivity index (χ0n) is 13.3. The molecule has 0 saturated heterocycles. The topological polar surface area (TPSA) is 79.6 Å². The number of nitrogens with one attached hydrogen (secondary N) is 2. The Balaban J connectivity index is 1.92. The number of nitro groups is 1. The molecular weight excluding hydrogens is 360 g/mol. The lowest BCUT2D eigenvalue weighted by atomic mass is 10.2. The summed E-state index contributed by atoms with van der Waals surface area (Å²) in [6.07, 6.45) is 4.64. The van der Waals surface area contributed by atoms with Crippen molar-refractivity contribution in [2.75, 3.05) is 5.32 Å². The minimum Gasteiger partial charge on any atom is -0.331 e. The Morgan fingerprint density at radius 3 is 2.80 bits per heavy atom. The summed E-state index contributed by atoms with van der Waals surface area (Å²) in [7, 11) is 0. The van der Waals surface area contributed by atoms with E-state index in [0.29, 0.717) is 15.7 Å². The molecule has 0 spiro atoms. The first-order valence-electron chi connectivity index (χ1n) is 7.24. The van der Waals surface area contributed by atoms with Crippen LogP contribution in [0.2, 0.25) is 5.02 Å². The van der Waals surface area contributed by atoms with Crippen LogP contribution in [0.15, 0.2) is 53.6 Å². The van der Waals surface area contributed by atoms with Crippen LogP contribution in [0.1, 0.15) is 11.1 Å². The first-order valence-corrected chi connectivity index (χ1v) is 8.03. The summed E-state index contributed by atoms with van der Waals surface area (Å²) >= 11 is 11.2. The van der Waals surface area contributed by atoms with Gasteiger partial charge in [0.25, 0.3) is 5.69 Å². The maximum atomic E-state index is 10.9. The first-order chi connectivity index (χ1) is 12.0. The Morgan fingerprint density at radius 2 is 2.04 bits per heavy atom. The summed E-state index contributed by atoms with van der Waals surface area (Å²) in [6.45, 7) is 1.88. The number of allylic oxidation sites excluding steroid dienone is 1. The van der Waals surface area contributed by atoms with Gasteiger partial charge in [0.05, 0.1) is 10.5 Å². The van der Waals surface area contributed by atoms with E-state index in [1.807, 2.05) is 19.1 Å². The van der Waals surface area contributed by atoms with Crippen LogP contribution in [0.5, 0.6) is 0 Å². The number of thiocarbonyl (C=S) groups is 1. The normalized spacial score (nSPS) is 11.0. The number of para-hydroxylation sites is 1. The molecule has 2 aromatic rings. The molecule has 6 nitrogen and oxygen atoms in total. The Bertz CT molecular complexity index is 852. The van der Waals surface area contributed by atoms with Crippen molar-refractivity contribution in [2.45, 2.75) is 6.92 Å². The van der Waals surface area contributed by atoms with E-state index in [0.717, 1.165) is 11.3 Å². The third-order valence-electron chi connectivity index (χ3n) is 3.25. The van der Waals surface area contributed by atoms with Gasteiger partial charge in [0.1, 0.15) is 0 Å². The summed E-state index contributed by atoms with van der Waals surface area (Å²) in [5.41, 5.74) is 4.86. The van der Waals surface area contributed by atoms with Gasteiger partial charge in [-0.1, -0.05) is 29.8 Å². The summed E-state index contributed by atoms with van der Waals surface area (Å²) in [5, 5.41) is 18.8. The highest BCUT2D eigenvalue weighted by Crippen LogP contribution is 2.22. The summed E-state index contributed by atoms with van der Waals surface area (Å²) in [6, 6.07) is 11.9. The summed E-state index contributed by atoms with van der Waals surface area (Å²) in [4.78, 5) is 10.5. The fraction of sp³-hybridized carbons (Fsp3) is 0.0588. The molecule has 0 fully saturated rings. The van der Waals surface area contributed by atoms with Gasteiger partial charge in [-0.3, -0.25) is 15.5 Å². The largest absolute Gasteiger partial charge is 0.331 e. The van der Waals surface area contributed by atoms with Crippen molar-refractivity contribution in [1.29, 1.82) is 0 Å². The quantitative estimate of drug-likeness (QED) is 0.347. The molecule has 0 heterocycles. The molecule has 0 amide bonds. The average molecular weight is 375 g/mol. The lowest BCUT2D eigenvalue weighted by Crippen LogP contribution is -2.24. The van der Waals surface area contributed by atoms with Gasteiger partial charge in [-0.05, 0) is 55.1 Å². The highest BCUT2D eigenvalue weighted by molar-refractivity contribution is 7.80. The molecule has 0 bridgehead atoms. The number of hydrogen-bond acceptors (Lipinski definition) is 4. The Kier molecular flexibility index (Phi) is 6.62. The van der Waals surface area contributed by atoms with E-state index in [2.05, 4.69) is 15.8 Å². The highest BCUT2D eigenvalue weighted by Gasteiger charge is 2.08. The molecule has 2 aromatic carbocycles. The van der Waals surface area contributed by atoms with Crippen LogP contribution in [0.4, 0.5) is 11.4 Å². The Labute approximate surface area is 155 Å². The van der Waals surface area contributed by atoms with E-state index in [9.17, 15) is 10.1 Å². The van der Waals surface area contributed by atoms with E-state index in [1.165, 1.54) is 12.3 Å². The maximum Gasteiger partial charge on any atom is 0.276 e. The maximum absolute atomic E-state index is 10.9. The van der Waals surface area contributed by atoms with Crippen LogP contribution in [-0.4, -0.2) is 16.3 Å². The van der Waals surface area contributed by atoms with Crippen LogP contribution < -0.4 is 10.7 Å². The van der Waals surface area contributed by atoms with E-state index < -0.39 is 4.92 Å². The number of benzene rings is 2. The van der Waals surface area contributed by atoms with Crippen molar-refractivity contribution in [3.05, 3.63) is 74.8 Å². The van der Waals surface area contributed by atoms with Crippen molar-refractivity contribution >= 4 is 52.6 Å². The van der Waals surface area contributed by atoms with E-state index >= 15 is 0 Å². The van der Waals surface area contributed by atoms with Crippen LogP contribution in [0.3, 0.4) is 0 Å². The summed E-state index contributed by atoms with van der Waals surface area (Å²) in [5.74, 6) is 0. The van der Waals surface area contributed by atoms with Gasteiger partial charge in [-0.15, -0.1) is 0 Å². The molecule has 0 atom stereocenters. The van der Waals surface area contributed by atoms with Crippen LogP contribution >= 0.6 is 23.8 Å². The minimum atomic E-state index is -0.429. The molecule has 128 valence electrons. The molecule has 2 rings (SSSR count). The predicted molar refractivity (Wildman–Crippen MR) is 106 cm³/mol. The van der Waals surface area contributed by atoms with Crippen molar-refractivity contribution in [3.8, 4) is 0 Å². The van der Waals surface area contributed by atoms with E-state index in [-0.39, 0.29) is 5.69 Å². The zero-order valence-corrected chi connectivity index (χ0v) is 14.8. The van der Waals surface area contributed by atoms with Gasteiger partial charge in [0.2, 0.25) is 0 Å². The number of hydrazone groups is 1. The monoisotopic (exact) mass is 374 g/mol. The van der Waals surface area contributed by atoms with Crippen LogP contribution in [0, 0.1) is 17.0 Å². The number of nitro benzene ring substituents is 1. The van der Waals surface area contributed by atoms with Gasteiger partial charge >= 0.3 is 0 Å². The lowest BCUT2D eigenvalue weighted by Gasteiger charge is -2.10. The van der Waals surface area contributed by atoms with Gasteiger partial charge in [0, 0.05) is 23.0 Å². The highest BCUT2D eigenvalue weighted by atomic mass is 35.5. The van der Waals surface area contributed by atoms with Gasteiger partial charge in [0.15, 0.2) is 5.11 Å². The first kappa shape index (κ1) is 18.6. The number of rotatable bonds is 5. The van der Waals surface area contributed by atoms with Crippen LogP contribution in [0.25, 0.3) is 6.08 Å². The number of halogens is 1. The predicted octanol–water partition coefficient (Wildman–Crippen LogP) is 4.54. The third kappa shape index (κ3) is 5.37. The molecule has 8 heteroatoms. The molecule has 0 unspecified atom stereocenters. The van der Waals surface area contributed by atoms with E-state index in [1.54, 1.807) is 36.4 Å². The molecule has 0 aliphatic heterocycles. The molecule has 25 heavy (non-hydrogen) atoms. The van der Waals surface area contributed by atoms with Gasteiger partial charge in [-0.2, -0.15) is 5.10 Å². The average Bonchev–Trinajstić information content (AvgIpc) is 2.59. The van der Waals surface area contributed by atoms with E-state index in [4.69, 9.17) is 23.8 Å². The summed E-state index contributed by atoms with van der Waals surface area (Å²) < 4.78 is 0. The minimum absolute atomic E-state index is 0.0359. The molecular formula is C17H15ClN4O2S. The van der Waals surface area contributed by atoms with Crippen molar-refractivity contribution in [1.82, 2.24) is 5.43 Å². The second-order valence-corrected chi connectivity index (χ2v) is 5.75. The second kappa shape index (κ2) is 8.91. The molecule has 0 aromatic heterocycles.